The fourth-order valence-electron chi connectivity index (χ4n) is 2.87. The fourth-order valence-corrected chi connectivity index (χ4v) is 2.87. The maximum atomic E-state index is 10.1. The molecule has 1 heterocycles. The first-order valence-electron chi connectivity index (χ1n) is 6.91. The van der Waals surface area contributed by atoms with Crippen molar-refractivity contribution in [1.82, 2.24) is 5.06 Å². The molecule has 4 heteroatoms. The van der Waals surface area contributed by atoms with Crippen LogP contribution in [0.2, 0.25) is 0 Å². The highest BCUT2D eigenvalue weighted by atomic mass is 16.5. The SMILES string of the molecule is CCOc1cccc2c1N(C)CCCC2(C)N(C)O. The number of hydrogen-bond donors (Lipinski definition) is 1. The molecule has 19 heavy (non-hydrogen) atoms. The van der Waals surface area contributed by atoms with Crippen molar-refractivity contribution in [2.24, 2.45) is 0 Å². The van der Waals surface area contributed by atoms with Gasteiger partial charge in [0.25, 0.3) is 0 Å². The highest BCUT2D eigenvalue weighted by Gasteiger charge is 2.36. The highest BCUT2D eigenvalue weighted by Crippen LogP contribution is 2.44. The van der Waals surface area contributed by atoms with Crippen molar-refractivity contribution in [1.29, 1.82) is 0 Å². The summed E-state index contributed by atoms with van der Waals surface area (Å²) in [5.41, 5.74) is 1.86. The molecule has 4 nitrogen and oxygen atoms in total. The van der Waals surface area contributed by atoms with Gasteiger partial charge in [0.1, 0.15) is 5.75 Å². The zero-order valence-corrected chi connectivity index (χ0v) is 12.3. The van der Waals surface area contributed by atoms with Gasteiger partial charge < -0.3 is 14.8 Å². The summed E-state index contributed by atoms with van der Waals surface area (Å²) in [5, 5.41) is 11.4. The lowest BCUT2D eigenvalue weighted by molar-refractivity contribution is -0.153. The second-order valence-corrected chi connectivity index (χ2v) is 5.41. The van der Waals surface area contributed by atoms with Crippen molar-refractivity contribution < 1.29 is 9.94 Å². The van der Waals surface area contributed by atoms with Crippen LogP contribution < -0.4 is 9.64 Å². The van der Waals surface area contributed by atoms with Crippen LogP contribution in [0.3, 0.4) is 0 Å². The van der Waals surface area contributed by atoms with Crippen LogP contribution in [0.1, 0.15) is 32.3 Å². The normalized spacial score (nSPS) is 23.2. The third-order valence-electron chi connectivity index (χ3n) is 4.13. The third kappa shape index (κ3) is 2.42. The minimum atomic E-state index is -0.368. The van der Waals surface area contributed by atoms with Crippen molar-refractivity contribution in [2.45, 2.75) is 32.2 Å². The number of nitrogens with zero attached hydrogens (tertiary/aromatic N) is 2. The van der Waals surface area contributed by atoms with E-state index in [4.69, 9.17) is 4.74 Å². The Morgan fingerprint density at radius 2 is 2.21 bits per heavy atom. The Morgan fingerprint density at radius 3 is 2.84 bits per heavy atom. The molecule has 0 aliphatic carbocycles. The number of para-hydroxylation sites is 1. The molecule has 0 fully saturated rings. The van der Waals surface area contributed by atoms with Gasteiger partial charge in [-0.1, -0.05) is 12.1 Å². The second-order valence-electron chi connectivity index (χ2n) is 5.41. The smallest absolute Gasteiger partial charge is 0.142 e. The van der Waals surface area contributed by atoms with Gasteiger partial charge in [-0.25, -0.2) is 0 Å². The molecule has 0 radical (unpaired) electrons. The highest BCUT2D eigenvalue weighted by molar-refractivity contribution is 5.66. The number of benzene rings is 1. The molecule has 1 atom stereocenters. The Balaban J connectivity index is 2.60. The molecule has 0 bridgehead atoms. The zero-order valence-electron chi connectivity index (χ0n) is 12.3. The van der Waals surface area contributed by atoms with E-state index in [1.807, 2.05) is 19.1 Å². The van der Waals surface area contributed by atoms with Crippen molar-refractivity contribution in [3.8, 4) is 5.75 Å². The Labute approximate surface area is 115 Å². The maximum Gasteiger partial charge on any atom is 0.142 e. The first-order chi connectivity index (χ1) is 9.00. The van der Waals surface area contributed by atoms with Crippen LogP contribution in [0.25, 0.3) is 0 Å². The third-order valence-corrected chi connectivity index (χ3v) is 4.13. The summed E-state index contributed by atoms with van der Waals surface area (Å²) in [6.07, 6.45) is 1.96. The standard InChI is InChI=1S/C15H24N2O2/c1-5-19-13-9-6-8-12-14(13)16(3)11-7-10-15(12,2)17(4)18/h6,8-9,18H,5,7,10-11H2,1-4H3. The molecule has 1 unspecified atom stereocenters. The van der Waals surface area contributed by atoms with Crippen LogP contribution in [0.15, 0.2) is 18.2 Å². The maximum absolute atomic E-state index is 10.1. The fraction of sp³-hybridized carbons (Fsp3) is 0.600. The lowest BCUT2D eigenvalue weighted by Crippen LogP contribution is -2.38. The predicted molar refractivity (Wildman–Crippen MR) is 77.0 cm³/mol. The van der Waals surface area contributed by atoms with Crippen molar-refractivity contribution in [3.05, 3.63) is 23.8 Å². The number of hydroxylamine groups is 2. The summed E-state index contributed by atoms with van der Waals surface area (Å²) in [6, 6.07) is 6.10. The number of anilines is 1. The summed E-state index contributed by atoms with van der Waals surface area (Å²) >= 11 is 0. The molecule has 0 saturated heterocycles. The summed E-state index contributed by atoms with van der Waals surface area (Å²) in [5.74, 6) is 0.900. The number of rotatable bonds is 3. The van der Waals surface area contributed by atoms with Gasteiger partial charge in [-0.05, 0) is 32.8 Å². The topological polar surface area (TPSA) is 35.9 Å². The summed E-state index contributed by atoms with van der Waals surface area (Å²) in [4.78, 5) is 2.23. The average molecular weight is 264 g/mol. The molecule has 1 aromatic carbocycles. The van der Waals surface area contributed by atoms with E-state index in [1.165, 1.54) is 5.06 Å². The van der Waals surface area contributed by atoms with Gasteiger partial charge in [-0.3, -0.25) is 0 Å². The minimum Gasteiger partial charge on any atom is -0.492 e. The van der Waals surface area contributed by atoms with Crippen LogP contribution in [-0.4, -0.2) is 37.5 Å². The van der Waals surface area contributed by atoms with Gasteiger partial charge in [0.2, 0.25) is 0 Å². The van der Waals surface area contributed by atoms with Gasteiger partial charge >= 0.3 is 0 Å². The Bertz CT molecular complexity index is 448. The first-order valence-corrected chi connectivity index (χ1v) is 6.91. The van der Waals surface area contributed by atoms with E-state index in [2.05, 4.69) is 24.9 Å². The van der Waals surface area contributed by atoms with Gasteiger partial charge in [0.15, 0.2) is 0 Å². The average Bonchev–Trinajstić information content (AvgIpc) is 2.50. The molecule has 1 N–H and O–H groups in total. The molecule has 1 aliphatic heterocycles. The van der Waals surface area contributed by atoms with Gasteiger partial charge in [-0.15, -0.1) is 0 Å². The van der Waals surface area contributed by atoms with Crippen LogP contribution in [0.4, 0.5) is 5.69 Å². The Hall–Kier alpha value is -1.26. The molecule has 1 aliphatic rings. The number of fused-ring (bicyclic) bond motifs is 1. The predicted octanol–water partition coefficient (Wildman–Crippen LogP) is 2.85. The number of hydrogen-bond acceptors (Lipinski definition) is 4. The summed E-state index contributed by atoms with van der Waals surface area (Å²) < 4.78 is 5.76. The molecule has 1 aromatic rings. The Kier molecular flexibility index (Phi) is 4.02. The van der Waals surface area contributed by atoms with Crippen LogP contribution >= 0.6 is 0 Å². The van der Waals surface area contributed by atoms with Crippen LogP contribution in [0, 0.1) is 0 Å². The van der Waals surface area contributed by atoms with Crippen molar-refractivity contribution >= 4 is 5.69 Å². The molecule has 0 amide bonds. The van der Waals surface area contributed by atoms with Gasteiger partial charge in [-0.2, -0.15) is 5.06 Å². The van der Waals surface area contributed by atoms with E-state index in [1.54, 1.807) is 7.05 Å². The molecular formula is C15H24N2O2. The van der Waals surface area contributed by atoms with Crippen LogP contribution in [0.5, 0.6) is 5.75 Å². The molecule has 0 saturated carbocycles. The van der Waals surface area contributed by atoms with E-state index >= 15 is 0 Å². The summed E-state index contributed by atoms with van der Waals surface area (Å²) in [7, 11) is 3.81. The van der Waals surface area contributed by atoms with E-state index in [0.717, 1.165) is 36.4 Å². The molecule has 106 valence electrons. The van der Waals surface area contributed by atoms with Crippen LogP contribution in [-0.2, 0) is 5.54 Å². The van der Waals surface area contributed by atoms with E-state index in [9.17, 15) is 5.21 Å². The number of ether oxygens (including phenoxy) is 1. The van der Waals surface area contributed by atoms with E-state index < -0.39 is 0 Å². The van der Waals surface area contributed by atoms with Crippen molar-refractivity contribution in [3.63, 3.8) is 0 Å². The monoisotopic (exact) mass is 264 g/mol. The second kappa shape index (κ2) is 5.39. The van der Waals surface area contributed by atoms with E-state index in [-0.39, 0.29) is 5.54 Å². The Morgan fingerprint density at radius 1 is 1.47 bits per heavy atom. The first kappa shape index (κ1) is 14.2. The largest absolute Gasteiger partial charge is 0.492 e. The van der Waals surface area contributed by atoms with Crippen molar-refractivity contribution in [2.75, 3.05) is 32.1 Å². The lowest BCUT2D eigenvalue weighted by atomic mass is 9.86. The van der Waals surface area contributed by atoms with Gasteiger partial charge in [0.05, 0.1) is 17.8 Å². The molecule has 0 aromatic heterocycles. The lowest BCUT2D eigenvalue weighted by Gasteiger charge is -2.36. The van der Waals surface area contributed by atoms with Gasteiger partial charge in [0, 0.05) is 26.2 Å². The molecule has 0 spiro atoms. The summed E-state index contributed by atoms with van der Waals surface area (Å²) in [6.45, 7) is 5.70. The zero-order chi connectivity index (χ0) is 14.0. The minimum absolute atomic E-state index is 0.368. The molecular weight excluding hydrogens is 240 g/mol. The quantitative estimate of drug-likeness (QED) is 0.852. The molecule has 2 rings (SSSR count). The van der Waals surface area contributed by atoms with E-state index in [0.29, 0.717) is 6.61 Å².